The first-order valence-corrected chi connectivity index (χ1v) is 8.58. The molecule has 1 atom stereocenters. The van der Waals surface area contributed by atoms with E-state index in [0.29, 0.717) is 29.1 Å². The Bertz CT molecular complexity index is 605. The summed E-state index contributed by atoms with van der Waals surface area (Å²) < 4.78 is 27.0. The first-order valence-electron chi connectivity index (χ1n) is 6.38. The lowest BCUT2D eigenvalue weighted by Gasteiger charge is -2.24. The maximum Gasteiger partial charge on any atom is 0.245 e. The Labute approximate surface area is 129 Å². The quantitative estimate of drug-likeness (QED) is 0.922. The fraction of sp³-hybridized carbons (Fsp3) is 0.538. The first-order chi connectivity index (χ1) is 9.30. The van der Waals surface area contributed by atoms with E-state index >= 15 is 0 Å². The maximum atomic E-state index is 12.8. The molecule has 112 valence electrons. The van der Waals surface area contributed by atoms with Crippen molar-refractivity contribution in [3.63, 3.8) is 0 Å². The van der Waals surface area contributed by atoms with Gasteiger partial charge in [-0.05, 0) is 43.9 Å². The topological polar surface area (TPSA) is 57.6 Å². The molecule has 7 heteroatoms. The van der Waals surface area contributed by atoms with Crippen molar-refractivity contribution in [2.24, 2.45) is 0 Å². The minimum atomic E-state index is -3.75. The van der Waals surface area contributed by atoms with Gasteiger partial charge in [-0.1, -0.05) is 23.2 Å². The summed E-state index contributed by atoms with van der Waals surface area (Å²) in [5.74, 6) is 0. The van der Waals surface area contributed by atoms with Crippen LogP contribution in [0.4, 0.5) is 0 Å². The predicted molar refractivity (Wildman–Crippen MR) is 79.9 cm³/mol. The third kappa shape index (κ3) is 2.57. The first kappa shape index (κ1) is 16.0. The van der Waals surface area contributed by atoms with Crippen molar-refractivity contribution >= 4 is 33.2 Å². The zero-order valence-electron chi connectivity index (χ0n) is 11.4. The molecule has 1 aromatic rings. The van der Waals surface area contributed by atoms with Crippen LogP contribution in [-0.4, -0.2) is 37.0 Å². The lowest BCUT2D eigenvalue weighted by molar-refractivity contribution is 0.213. The second kappa shape index (κ2) is 5.81. The minimum absolute atomic E-state index is 0.0597. The van der Waals surface area contributed by atoms with Crippen molar-refractivity contribution in [3.8, 4) is 0 Å². The molecule has 0 radical (unpaired) electrons. The molecule has 1 heterocycles. The van der Waals surface area contributed by atoms with Crippen LogP contribution < -0.4 is 0 Å². The number of aryl methyl sites for hydroxylation is 1. The van der Waals surface area contributed by atoms with Gasteiger partial charge in [0.05, 0.1) is 11.6 Å². The Morgan fingerprint density at radius 3 is 2.65 bits per heavy atom. The minimum Gasteiger partial charge on any atom is -0.395 e. The lowest BCUT2D eigenvalue weighted by atomic mass is 10.2. The monoisotopic (exact) mass is 337 g/mol. The van der Waals surface area contributed by atoms with Crippen LogP contribution in [0.5, 0.6) is 0 Å². The summed E-state index contributed by atoms with van der Waals surface area (Å²) in [6.45, 7) is 3.58. The SMILES string of the molecule is Cc1cc(Cl)c(C)c(S(=O)(=O)N2CCC[C@@H]2CO)c1Cl. The van der Waals surface area contributed by atoms with Gasteiger partial charge >= 0.3 is 0 Å². The molecule has 0 spiro atoms. The number of aliphatic hydroxyl groups excluding tert-OH is 1. The van der Waals surface area contributed by atoms with Crippen LogP contribution in [-0.2, 0) is 10.0 Å². The molecule has 1 aliphatic heterocycles. The van der Waals surface area contributed by atoms with E-state index in [1.165, 1.54) is 4.31 Å². The molecule has 0 bridgehead atoms. The van der Waals surface area contributed by atoms with Crippen LogP contribution >= 0.6 is 23.2 Å². The van der Waals surface area contributed by atoms with Crippen molar-refractivity contribution in [1.82, 2.24) is 4.31 Å². The molecule has 1 aromatic carbocycles. The van der Waals surface area contributed by atoms with Gasteiger partial charge < -0.3 is 5.11 Å². The molecule has 1 N–H and O–H groups in total. The van der Waals surface area contributed by atoms with E-state index in [2.05, 4.69) is 0 Å². The van der Waals surface area contributed by atoms with Crippen LogP contribution in [0.3, 0.4) is 0 Å². The van der Waals surface area contributed by atoms with E-state index in [4.69, 9.17) is 23.2 Å². The summed E-state index contributed by atoms with van der Waals surface area (Å²) in [5.41, 5.74) is 1.08. The van der Waals surface area contributed by atoms with Crippen LogP contribution in [0.1, 0.15) is 24.0 Å². The highest BCUT2D eigenvalue weighted by atomic mass is 35.5. The van der Waals surface area contributed by atoms with Crippen LogP contribution in [0.25, 0.3) is 0 Å². The average Bonchev–Trinajstić information content (AvgIpc) is 2.85. The van der Waals surface area contributed by atoms with E-state index in [-0.39, 0.29) is 22.6 Å². The van der Waals surface area contributed by atoms with Crippen LogP contribution in [0.15, 0.2) is 11.0 Å². The molecule has 0 aliphatic carbocycles. The van der Waals surface area contributed by atoms with Gasteiger partial charge in [0, 0.05) is 17.6 Å². The maximum absolute atomic E-state index is 12.8. The third-order valence-corrected chi connectivity index (χ3v) is 6.80. The second-order valence-corrected chi connectivity index (χ2v) is 7.65. The van der Waals surface area contributed by atoms with Gasteiger partial charge in [-0.3, -0.25) is 0 Å². The standard InChI is InChI=1S/C13H17Cl2NO3S/c1-8-6-11(14)9(2)13(12(8)15)20(18,19)16-5-3-4-10(16)7-17/h6,10,17H,3-5,7H2,1-2H3/t10-/m1/s1. The molecule has 2 rings (SSSR count). The summed E-state index contributed by atoms with van der Waals surface area (Å²) in [5, 5.41) is 9.91. The number of hydrogen-bond donors (Lipinski definition) is 1. The predicted octanol–water partition coefficient (Wildman–Crippen LogP) is 2.76. The Balaban J connectivity index is 2.61. The van der Waals surface area contributed by atoms with E-state index in [0.717, 1.165) is 6.42 Å². The molecule has 1 saturated heterocycles. The van der Waals surface area contributed by atoms with Gasteiger partial charge in [-0.15, -0.1) is 0 Å². The number of rotatable bonds is 3. The van der Waals surface area contributed by atoms with Gasteiger partial charge in [0.25, 0.3) is 0 Å². The number of halogens is 2. The Morgan fingerprint density at radius 2 is 2.05 bits per heavy atom. The van der Waals surface area contributed by atoms with E-state index in [1.807, 2.05) is 0 Å². The van der Waals surface area contributed by atoms with Gasteiger partial charge in [-0.2, -0.15) is 4.31 Å². The van der Waals surface area contributed by atoms with Crippen molar-refractivity contribution in [3.05, 3.63) is 27.2 Å². The molecule has 0 unspecified atom stereocenters. The number of sulfonamides is 1. The molecule has 1 fully saturated rings. The number of nitrogens with zero attached hydrogens (tertiary/aromatic N) is 1. The smallest absolute Gasteiger partial charge is 0.245 e. The zero-order valence-corrected chi connectivity index (χ0v) is 13.7. The van der Waals surface area contributed by atoms with Crippen LogP contribution in [0.2, 0.25) is 10.0 Å². The summed E-state index contributed by atoms with van der Waals surface area (Å²) >= 11 is 12.3. The highest BCUT2D eigenvalue weighted by Crippen LogP contribution is 2.37. The Morgan fingerprint density at radius 1 is 1.40 bits per heavy atom. The molecule has 0 saturated carbocycles. The molecule has 1 aliphatic rings. The molecule has 0 amide bonds. The Hall–Kier alpha value is -0.330. The number of benzene rings is 1. The fourth-order valence-electron chi connectivity index (χ4n) is 2.55. The summed E-state index contributed by atoms with van der Waals surface area (Å²) in [6.07, 6.45) is 1.40. The van der Waals surface area contributed by atoms with Gasteiger partial charge in [-0.25, -0.2) is 8.42 Å². The highest BCUT2D eigenvalue weighted by molar-refractivity contribution is 7.89. The van der Waals surface area contributed by atoms with E-state index in [1.54, 1.807) is 19.9 Å². The van der Waals surface area contributed by atoms with E-state index in [9.17, 15) is 13.5 Å². The zero-order chi connectivity index (χ0) is 15.1. The van der Waals surface area contributed by atoms with Crippen molar-refractivity contribution in [2.45, 2.75) is 37.6 Å². The van der Waals surface area contributed by atoms with Crippen molar-refractivity contribution in [1.29, 1.82) is 0 Å². The molecule has 4 nitrogen and oxygen atoms in total. The van der Waals surface area contributed by atoms with Gasteiger partial charge in [0.15, 0.2) is 0 Å². The van der Waals surface area contributed by atoms with Crippen LogP contribution in [0, 0.1) is 13.8 Å². The summed E-state index contributed by atoms with van der Waals surface area (Å²) in [4.78, 5) is 0.0597. The second-order valence-electron chi connectivity index (χ2n) is 5.04. The van der Waals surface area contributed by atoms with Gasteiger partial charge in [0.1, 0.15) is 4.90 Å². The largest absolute Gasteiger partial charge is 0.395 e. The third-order valence-electron chi connectivity index (χ3n) is 3.69. The molecule has 0 aromatic heterocycles. The lowest BCUT2D eigenvalue weighted by Crippen LogP contribution is -2.38. The highest BCUT2D eigenvalue weighted by Gasteiger charge is 2.37. The van der Waals surface area contributed by atoms with Crippen molar-refractivity contribution < 1.29 is 13.5 Å². The summed E-state index contributed by atoms with van der Waals surface area (Å²) in [6, 6.07) is 1.28. The molecule has 20 heavy (non-hydrogen) atoms. The number of aliphatic hydroxyl groups is 1. The fourth-order valence-corrected chi connectivity index (χ4v) is 5.40. The van der Waals surface area contributed by atoms with Crippen molar-refractivity contribution in [2.75, 3.05) is 13.2 Å². The molecular formula is C13H17Cl2NO3S. The van der Waals surface area contributed by atoms with Gasteiger partial charge in [0.2, 0.25) is 10.0 Å². The van der Waals surface area contributed by atoms with E-state index < -0.39 is 10.0 Å². The normalized spacial score (nSPS) is 20.6. The Kier molecular flexibility index (Phi) is 4.66. The summed E-state index contributed by atoms with van der Waals surface area (Å²) in [7, 11) is -3.75. The average molecular weight is 338 g/mol. The number of hydrogen-bond acceptors (Lipinski definition) is 3. The molecular weight excluding hydrogens is 321 g/mol.